The third-order valence-corrected chi connectivity index (χ3v) is 6.13. The van der Waals surface area contributed by atoms with Crippen LogP contribution in [-0.2, 0) is 0 Å². The molecule has 2 aromatic carbocycles. The topological polar surface area (TPSA) is 44.4 Å². The average molecular weight is 434 g/mol. The normalized spacial score (nSPS) is 13.0. The highest BCUT2D eigenvalue weighted by molar-refractivity contribution is 5.77. The van der Waals surface area contributed by atoms with Gasteiger partial charge < -0.3 is 5.32 Å². The van der Waals surface area contributed by atoms with Crippen molar-refractivity contribution in [1.29, 1.82) is 0 Å². The van der Waals surface area contributed by atoms with Crippen LogP contribution in [0.4, 0.5) is 11.4 Å². The third-order valence-electron chi connectivity index (χ3n) is 6.13. The van der Waals surface area contributed by atoms with Gasteiger partial charge in [-0.05, 0) is 42.3 Å². The zero-order chi connectivity index (χ0) is 22.4. The van der Waals surface area contributed by atoms with Crippen molar-refractivity contribution in [1.82, 2.24) is 5.43 Å². The van der Waals surface area contributed by atoms with Gasteiger partial charge in [0.25, 0.3) is 0 Å². The Morgan fingerprint density at radius 2 is 1.47 bits per heavy atom. The lowest BCUT2D eigenvalue weighted by molar-refractivity contribution is 0.112. The van der Waals surface area contributed by atoms with Crippen molar-refractivity contribution in [2.75, 3.05) is 23.4 Å². The number of aldehydes is 1. The summed E-state index contributed by atoms with van der Waals surface area (Å²) in [4.78, 5) is 10.8. The molecule has 4 nitrogen and oxygen atoms in total. The Morgan fingerprint density at radius 3 is 2.09 bits per heavy atom. The maximum absolute atomic E-state index is 10.8. The molecule has 0 aliphatic carbocycles. The van der Waals surface area contributed by atoms with Gasteiger partial charge in [0.2, 0.25) is 0 Å². The summed E-state index contributed by atoms with van der Waals surface area (Å²) in [5, 5.41) is 5.69. The first kappa shape index (κ1) is 23.9. The summed E-state index contributed by atoms with van der Waals surface area (Å²) >= 11 is 0. The molecule has 0 atom stereocenters. The van der Waals surface area contributed by atoms with Crippen LogP contribution in [0.3, 0.4) is 0 Å². The van der Waals surface area contributed by atoms with Gasteiger partial charge in [0, 0.05) is 17.8 Å². The average Bonchev–Trinajstić information content (AvgIpc) is 3.33. The molecule has 3 rings (SSSR count). The number of carbonyl (C=O) groups excluding carboxylic acids is 1. The fourth-order valence-electron chi connectivity index (χ4n) is 4.12. The van der Waals surface area contributed by atoms with Crippen molar-refractivity contribution in [3.05, 3.63) is 65.7 Å². The first-order valence-corrected chi connectivity index (χ1v) is 12.4. The number of hydrogen-bond donors (Lipinski definition) is 2. The van der Waals surface area contributed by atoms with Gasteiger partial charge in [0.15, 0.2) is 0 Å². The predicted molar refractivity (Wildman–Crippen MR) is 137 cm³/mol. The molecule has 0 fully saturated rings. The van der Waals surface area contributed by atoms with Crippen LogP contribution in [0.15, 0.2) is 54.6 Å². The minimum absolute atomic E-state index is 0.699. The SMILES string of the molecule is CCCCCCCCCCCCNc1ccc(N2CC=C(c3ccc(C=O)cc3)N2)cc1. The van der Waals surface area contributed by atoms with Crippen molar-refractivity contribution in [3.63, 3.8) is 0 Å². The molecule has 4 heteroatoms. The standard InChI is InChI=1S/C28H39N3O/c1-2-3-4-5-6-7-8-9-10-11-21-29-26-16-18-27(19-17-26)31-22-20-28(30-31)25-14-12-24(23-32)13-15-25/h12-20,23,29-30H,2-11,21-22H2,1H3. The lowest BCUT2D eigenvalue weighted by Gasteiger charge is -2.21. The Kier molecular flexibility index (Phi) is 10.2. The van der Waals surface area contributed by atoms with Crippen LogP contribution in [0.1, 0.15) is 87.1 Å². The zero-order valence-corrected chi connectivity index (χ0v) is 19.6. The van der Waals surface area contributed by atoms with E-state index in [1.54, 1.807) is 0 Å². The van der Waals surface area contributed by atoms with Crippen LogP contribution < -0.4 is 15.8 Å². The number of anilines is 2. The minimum Gasteiger partial charge on any atom is -0.385 e. The second kappa shape index (κ2) is 13.6. The number of benzene rings is 2. The molecule has 0 amide bonds. The molecule has 1 heterocycles. The fourth-order valence-corrected chi connectivity index (χ4v) is 4.12. The van der Waals surface area contributed by atoms with Crippen molar-refractivity contribution in [2.24, 2.45) is 0 Å². The van der Waals surface area contributed by atoms with E-state index in [0.29, 0.717) is 5.56 Å². The second-order valence-corrected chi connectivity index (χ2v) is 8.74. The second-order valence-electron chi connectivity index (χ2n) is 8.74. The molecule has 172 valence electrons. The van der Waals surface area contributed by atoms with Gasteiger partial charge in [-0.15, -0.1) is 0 Å². The number of unbranched alkanes of at least 4 members (excludes halogenated alkanes) is 9. The summed E-state index contributed by atoms with van der Waals surface area (Å²) < 4.78 is 0. The molecule has 0 bridgehead atoms. The molecule has 0 saturated heterocycles. The van der Waals surface area contributed by atoms with Gasteiger partial charge in [0.1, 0.15) is 6.29 Å². The van der Waals surface area contributed by atoms with Crippen LogP contribution >= 0.6 is 0 Å². The highest BCUT2D eigenvalue weighted by Gasteiger charge is 2.15. The molecule has 0 radical (unpaired) electrons. The van der Waals surface area contributed by atoms with Crippen molar-refractivity contribution in [2.45, 2.75) is 71.1 Å². The molecular weight excluding hydrogens is 394 g/mol. The number of rotatable bonds is 15. The molecule has 1 aliphatic heterocycles. The fraction of sp³-hybridized carbons (Fsp3) is 0.464. The van der Waals surface area contributed by atoms with Crippen LogP contribution in [0.2, 0.25) is 0 Å². The number of hydrogen-bond acceptors (Lipinski definition) is 4. The molecular formula is C28H39N3O. The Labute approximate surface area is 194 Å². The lowest BCUT2D eigenvalue weighted by atomic mass is 10.1. The van der Waals surface area contributed by atoms with E-state index < -0.39 is 0 Å². The maximum Gasteiger partial charge on any atom is 0.150 e. The first-order valence-electron chi connectivity index (χ1n) is 12.4. The highest BCUT2D eigenvalue weighted by atomic mass is 16.1. The Morgan fingerprint density at radius 1 is 0.844 bits per heavy atom. The monoisotopic (exact) mass is 433 g/mol. The van der Waals surface area contributed by atoms with Crippen molar-refractivity contribution in [3.8, 4) is 0 Å². The minimum atomic E-state index is 0.699. The molecule has 0 aromatic heterocycles. The number of hydrazine groups is 1. The van der Waals surface area contributed by atoms with E-state index in [4.69, 9.17) is 0 Å². The molecule has 0 spiro atoms. The molecule has 2 N–H and O–H groups in total. The van der Waals surface area contributed by atoms with E-state index in [1.165, 1.54) is 69.9 Å². The zero-order valence-electron chi connectivity index (χ0n) is 19.6. The highest BCUT2D eigenvalue weighted by Crippen LogP contribution is 2.23. The van der Waals surface area contributed by atoms with E-state index in [1.807, 2.05) is 24.3 Å². The Bertz CT molecular complexity index is 827. The van der Waals surface area contributed by atoms with E-state index in [-0.39, 0.29) is 0 Å². The van der Waals surface area contributed by atoms with Crippen LogP contribution in [0.25, 0.3) is 5.70 Å². The quantitative estimate of drug-likeness (QED) is 0.230. The van der Waals surface area contributed by atoms with E-state index in [9.17, 15) is 4.79 Å². The van der Waals surface area contributed by atoms with Gasteiger partial charge in [-0.2, -0.15) is 0 Å². The van der Waals surface area contributed by atoms with Crippen molar-refractivity contribution < 1.29 is 4.79 Å². The number of nitrogens with zero attached hydrogens (tertiary/aromatic N) is 1. The van der Waals surface area contributed by atoms with Crippen LogP contribution in [0.5, 0.6) is 0 Å². The summed E-state index contributed by atoms with van der Waals surface area (Å²) in [5.41, 5.74) is 8.65. The summed E-state index contributed by atoms with van der Waals surface area (Å²) in [6, 6.07) is 16.3. The molecule has 0 saturated carbocycles. The van der Waals surface area contributed by atoms with Crippen LogP contribution in [-0.4, -0.2) is 19.4 Å². The Hall–Kier alpha value is -2.75. The third kappa shape index (κ3) is 7.74. The summed E-state index contributed by atoms with van der Waals surface area (Å²) in [6.45, 7) is 4.13. The lowest BCUT2D eigenvalue weighted by Crippen LogP contribution is -2.31. The molecule has 2 aromatic rings. The summed E-state index contributed by atoms with van der Waals surface area (Å²) in [7, 11) is 0. The molecule has 0 unspecified atom stereocenters. The largest absolute Gasteiger partial charge is 0.385 e. The first-order chi connectivity index (χ1) is 15.8. The van der Waals surface area contributed by atoms with Crippen molar-refractivity contribution >= 4 is 23.4 Å². The van der Waals surface area contributed by atoms with Gasteiger partial charge in [-0.1, -0.05) is 89.0 Å². The summed E-state index contributed by atoms with van der Waals surface area (Å²) in [5.74, 6) is 0. The number of nitrogens with one attached hydrogen (secondary N) is 2. The maximum atomic E-state index is 10.8. The van der Waals surface area contributed by atoms with E-state index >= 15 is 0 Å². The van der Waals surface area contributed by atoms with Gasteiger partial charge in [-0.25, -0.2) is 0 Å². The van der Waals surface area contributed by atoms with Gasteiger partial charge >= 0.3 is 0 Å². The van der Waals surface area contributed by atoms with E-state index in [0.717, 1.165) is 36.3 Å². The number of carbonyl (C=O) groups is 1. The Balaban J connectivity index is 1.30. The van der Waals surface area contributed by atoms with Crippen LogP contribution in [0, 0.1) is 0 Å². The molecule has 1 aliphatic rings. The smallest absolute Gasteiger partial charge is 0.150 e. The predicted octanol–water partition coefficient (Wildman–Crippen LogP) is 7.20. The summed E-state index contributed by atoms with van der Waals surface area (Å²) in [6.07, 6.45) is 16.8. The molecule has 32 heavy (non-hydrogen) atoms. The van der Waals surface area contributed by atoms with E-state index in [2.05, 4.69) is 53.0 Å². The van der Waals surface area contributed by atoms with Gasteiger partial charge in [-0.3, -0.25) is 15.2 Å². The van der Waals surface area contributed by atoms with Gasteiger partial charge in [0.05, 0.1) is 17.9 Å².